The van der Waals surface area contributed by atoms with Gasteiger partial charge in [0, 0.05) is 18.7 Å². The molecule has 8 heteroatoms. The van der Waals surface area contributed by atoms with E-state index < -0.39 is 0 Å². The van der Waals surface area contributed by atoms with Crippen molar-refractivity contribution in [1.82, 2.24) is 25.8 Å². The summed E-state index contributed by atoms with van der Waals surface area (Å²) in [6.07, 6.45) is 1.03. The molecule has 2 aromatic rings. The molecule has 1 aromatic carbocycles. The molecule has 24 heavy (non-hydrogen) atoms. The van der Waals surface area contributed by atoms with Gasteiger partial charge in [0.25, 0.3) is 0 Å². The molecule has 0 amide bonds. The Kier molecular flexibility index (Phi) is 8.51. The normalized spacial score (nSPS) is 12.2. The van der Waals surface area contributed by atoms with Crippen LogP contribution in [0.1, 0.15) is 26.1 Å². The Balaban J connectivity index is 0.00000288. The van der Waals surface area contributed by atoms with Crippen LogP contribution in [0.15, 0.2) is 29.3 Å². The lowest BCUT2D eigenvalue weighted by Gasteiger charge is -2.15. The number of nitrogens with zero attached hydrogens (tertiary/aromatic N) is 3. The third kappa shape index (κ3) is 5.66. The van der Waals surface area contributed by atoms with Gasteiger partial charge in [0.1, 0.15) is 11.6 Å². The predicted molar refractivity (Wildman–Crippen MR) is 107 cm³/mol. The number of aromatic amines is 1. The summed E-state index contributed by atoms with van der Waals surface area (Å²) >= 11 is 0. The Morgan fingerprint density at radius 2 is 2.04 bits per heavy atom. The fourth-order valence-electron chi connectivity index (χ4n) is 1.94. The molecular weight excluding hydrogens is 419 g/mol. The molecule has 2 rings (SSSR count). The molecule has 0 radical (unpaired) electrons. The van der Waals surface area contributed by atoms with Crippen LogP contribution in [0.4, 0.5) is 0 Å². The van der Waals surface area contributed by atoms with Crippen molar-refractivity contribution in [2.24, 2.45) is 4.99 Å². The number of hydrogen-bond acceptors (Lipinski definition) is 4. The molecule has 1 heterocycles. The number of halogens is 1. The number of H-pyrrole nitrogens is 1. The largest absolute Gasteiger partial charge is 0.497 e. The fourth-order valence-corrected chi connectivity index (χ4v) is 1.94. The number of ether oxygens (including phenoxy) is 1. The standard InChI is InChI=1S/C16H24N6O.HI/c1-5-11(2)19-16(17-3)18-10-14-20-15(22-21-14)12-6-8-13(23-4)9-7-12;/h6-9,11H,5,10H2,1-4H3,(H2,17,18,19)(H,20,21,22);1H. The van der Waals surface area contributed by atoms with Crippen LogP contribution in [0.5, 0.6) is 5.75 Å². The van der Waals surface area contributed by atoms with Gasteiger partial charge in [-0.05, 0) is 37.6 Å². The molecule has 132 valence electrons. The van der Waals surface area contributed by atoms with E-state index in [1.807, 2.05) is 24.3 Å². The molecule has 0 spiro atoms. The lowest BCUT2D eigenvalue weighted by atomic mass is 10.2. The van der Waals surface area contributed by atoms with Crippen LogP contribution in [-0.4, -0.2) is 41.3 Å². The molecule has 0 aliphatic carbocycles. The number of rotatable bonds is 6. The number of guanidine groups is 1. The number of aliphatic imine (C=N–C) groups is 1. The molecule has 0 saturated heterocycles. The number of methoxy groups -OCH3 is 1. The predicted octanol–water partition coefficient (Wildman–Crippen LogP) is 2.56. The number of aromatic nitrogens is 3. The minimum absolute atomic E-state index is 0. The summed E-state index contributed by atoms with van der Waals surface area (Å²) in [6, 6.07) is 8.01. The van der Waals surface area contributed by atoms with E-state index in [9.17, 15) is 0 Å². The first-order valence-electron chi connectivity index (χ1n) is 7.69. The molecule has 0 aliphatic rings. The lowest BCUT2D eigenvalue weighted by molar-refractivity contribution is 0.415. The highest BCUT2D eigenvalue weighted by Gasteiger charge is 2.08. The molecule has 0 bridgehead atoms. The van der Waals surface area contributed by atoms with Crippen molar-refractivity contribution in [2.45, 2.75) is 32.9 Å². The molecule has 3 N–H and O–H groups in total. The van der Waals surface area contributed by atoms with E-state index in [2.05, 4.69) is 44.7 Å². The summed E-state index contributed by atoms with van der Waals surface area (Å²) < 4.78 is 5.15. The lowest BCUT2D eigenvalue weighted by Crippen LogP contribution is -2.41. The summed E-state index contributed by atoms with van der Waals surface area (Å²) in [5, 5.41) is 13.7. The zero-order valence-corrected chi connectivity index (χ0v) is 16.8. The Hall–Kier alpha value is -1.84. The molecule has 1 unspecified atom stereocenters. The number of nitrogens with one attached hydrogen (secondary N) is 3. The van der Waals surface area contributed by atoms with Crippen LogP contribution in [-0.2, 0) is 6.54 Å². The van der Waals surface area contributed by atoms with Crippen molar-refractivity contribution < 1.29 is 4.74 Å². The molecule has 0 saturated carbocycles. The summed E-state index contributed by atoms with van der Waals surface area (Å²) in [5.41, 5.74) is 0.940. The SMILES string of the molecule is CCC(C)NC(=NC)NCc1nc(-c2ccc(OC)cc2)n[nH]1.I. The summed E-state index contributed by atoms with van der Waals surface area (Å²) in [4.78, 5) is 8.68. The van der Waals surface area contributed by atoms with Gasteiger partial charge in [-0.25, -0.2) is 4.98 Å². The minimum Gasteiger partial charge on any atom is -0.497 e. The van der Waals surface area contributed by atoms with Gasteiger partial charge in [0.15, 0.2) is 11.8 Å². The zero-order valence-electron chi connectivity index (χ0n) is 14.5. The Morgan fingerprint density at radius 3 is 2.62 bits per heavy atom. The van der Waals surface area contributed by atoms with E-state index in [0.29, 0.717) is 18.4 Å². The van der Waals surface area contributed by atoms with Crippen molar-refractivity contribution in [3.8, 4) is 17.1 Å². The van der Waals surface area contributed by atoms with Crippen LogP contribution in [0.3, 0.4) is 0 Å². The first-order chi connectivity index (χ1) is 11.2. The van der Waals surface area contributed by atoms with Gasteiger partial charge in [0.05, 0.1) is 13.7 Å². The van der Waals surface area contributed by atoms with Gasteiger partial charge >= 0.3 is 0 Å². The first-order valence-corrected chi connectivity index (χ1v) is 7.69. The van der Waals surface area contributed by atoms with Gasteiger partial charge in [0.2, 0.25) is 0 Å². The van der Waals surface area contributed by atoms with Crippen LogP contribution in [0.25, 0.3) is 11.4 Å². The molecule has 1 atom stereocenters. The third-order valence-corrected chi connectivity index (χ3v) is 3.52. The van der Waals surface area contributed by atoms with E-state index >= 15 is 0 Å². The number of hydrogen-bond donors (Lipinski definition) is 3. The number of benzene rings is 1. The van der Waals surface area contributed by atoms with Crippen molar-refractivity contribution in [3.63, 3.8) is 0 Å². The maximum atomic E-state index is 5.15. The Labute approximate surface area is 159 Å². The minimum atomic E-state index is 0. The molecule has 1 aromatic heterocycles. The van der Waals surface area contributed by atoms with Crippen molar-refractivity contribution >= 4 is 29.9 Å². The monoisotopic (exact) mass is 444 g/mol. The van der Waals surface area contributed by atoms with Gasteiger partial charge in [-0.15, -0.1) is 24.0 Å². The van der Waals surface area contributed by atoms with Crippen LogP contribution >= 0.6 is 24.0 Å². The topological polar surface area (TPSA) is 87.2 Å². The molecule has 0 aliphatic heterocycles. The Morgan fingerprint density at radius 1 is 1.33 bits per heavy atom. The van der Waals surface area contributed by atoms with E-state index in [4.69, 9.17) is 4.74 Å². The third-order valence-electron chi connectivity index (χ3n) is 3.52. The molecule has 7 nitrogen and oxygen atoms in total. The highest BCUT2D eigenvalue weighted by atomic mass is 127. The molecular formula is C16H25IN6O. The van der Waals surface area contributed by atoms with Gasteiger partial charge in [-0.2, -0.15) is 5.10 Å². The average molecular weight is 444 g/mol. The maximum absolute atomic E-state index is 5.15. The average Bonchev–Trinajstić information content (AvgIpc) is 3.07. The quantitative estimate of drug-likeness (QED) is 0.362. The van der Waals surface area contributed by atoms with Crippen LogP contribution in [0, 0.1) is 0 Å². The smallest absolute Gasteiger partial charge is 0.191 e. The summed E-state index contributed by atoms with van der Waals surface area (Å²) in [5.74, 6) is 2.98. The highest BCUT2D eigenvalue weighted by Crippen LogP contribution is 2.18. The summed E-state index contributed by atoms with van der Waals surface area (Å²) in [6.45, 7) is 4.77. The maximum Gasteiger partial charge on any atom is 0.191 e. The van der Waals surface area contributed by atoms with Crippen molar-refractivity contribution in [1.29, 1.82) is 0 Å². The highest BCUT2D eigenvalue weighted by molar-refractivity contribution is 14.0. The van der Waals surface area contributed by atoms with Crippen LogP contribution in [0.2, 0.25) is 0 Å². The molecule has 0 fully saturated rings. The second-order valence-corrected chi connectivity index (χ2v) is 5.21. The van der Waals surface area contributed by atoms with Gasteiger partial charge in [-0.3, -0.25) is 10.1 Å². The van der Waals surface area contributed by atoms with Gasteiger partial charge < -0.3 is 15.4 Å². The van der Waals surface area contributed by atoms with Crippen molar-refractivity contribution in [2.75, 3.05) is 14.2 Å². The zero-order chi connectivity index (χ0) is 16.7. The van der Waals surface area contributed by atoms with Crippen molar-refractivity contribution in [3.05, 3.63) is 30.1 Å². The van der Waals surface area contributed by atoms with Crippen LogP contribution < -0.4 is 15.4 Å². The second-order valence-electron chi connectivity index (χ2n) is 5.21. The summed E-state index contributed by atoms with van der Waals surface area (Å²) in [7, 11) is 3.40. The van der Waals surface area contributed by atoms with E-state index in [0.717, 1.165) is 29.5 Å². The van der Waals surface area contributed by atoms with E-state index in [1.54, 1.807) is 14.2 Å². The van der Waals surface area contributed by atoms with E-state index in [1.165, 1.54) is 0 Å². The fraction of sp³-hybridized carbons (Fsp3) is 0.438. The Bertz CT molecular complexity index is 640. The van der Waals surface area contributed by atoms with Gasteiger partial charge in [-0.1, -0.05) is 6.92 Å². The first kappa shape index (κ1) is 20.2. The second kappa shape index (κ2) is 10.1. The van der Waals surface area contributed by atoms with E-state index in [-0.39, 0.29) is 24.0 Å².